The Labute approximate surface area is 168 Å². The van der Waals surface area contributed by atoms with Gasteiger partial charge in [0.05, 0.1) is 18.3 Å². The highest BCUT2D eigenvalue weighted by Gasteiger charge is 2.20. The van der Waals surface area contributed by atoms with E-state index in [9.17, 15) is 0 Å². The number of aromatic nitrogens is 3. The molecule has 0 radical (unpaired) electrons. The van der Waals surface area contributed by atoms with Crippen molar-refractivity contribution >= 4 is 12.2 Å². The van der Waals surface area contributed by atoms with Crippen molar-refractivity contribution in [1.29, 1.82) is 0 Å². The van der Waals surface area contributed by atoms with Gasteiger partial charge in [-0.05, 0) is 42.5 Å². The molecule has 2 aromatic heterocycles. The van der Waals surface area contributed by atoms with E-state index in [0.717, 1.165) is 5.56 Å². The summed E-state index contributed by atoms with van der Waals surface area (Å²) in [4.78, 5) is 6.66. The van der Waals surface area contributed by atoms with Crippen LogP contribution in [0.2, 0.25) is 0 Å². The van der Waals surface area contributed by atoms with Gasteiger partial charge < -0.3 is 4.42 Å². The van der Waals surface area contributed by atoms with E-state index in [2.05, 4.69) is 70.6 Å². The van der Waals surface area contributed by atoms with Gasteiger partial charge in [0.1, 0.15) is 0 Å². The Kier molecular flexibility index (Phi) is 5.41. The Hall–Kier alpha value is -3.09. The molecule has 0 saturated carbocycles. The third-order valence-corrected chi connectivity index (χ3v) is 4.84. The van der Waals surface area contributed by atoms with Crippen molar-refractivity contribution in [3.63, 3.8) is 0 Å². The summed E-state index contributed by atoms with van der Waals surface area (Å²) in [6.07, 6.45) is 3.43. The zero-order valence-corrected chi connectivity index (χ0v) is 16.3. The normalized spacial score (nSPS) is 11.2. The van der Waals surface area contributed by atoms with E-state index in [1.54, 1.807) is 17.1 Å². The first-order valence-electron chi connectivity index (χ1n) is 9.01. The smallest absolute Gasteiger partial charge is 0.288 e. The first-order chi connectivity index (χ1) is 13.7. The van der Waals surface area contributed by atoms with Gasteiger partial charge in [-0.15, -0.1) is 5.10 Å². The van der Waals surface area contributed by atoms with E-state index in [-0.39, 0.29) is 6.04 Å². The topological polar surface area (TPSA) is 47.1 Å². The molecule has 0 bridgehead atoms. The number of pyridine rings is 1. The first-order valence-corrected chi connectivity index (χ1v) is 9.41. The van der Waals surface area contributed by atoms with Gasteiger partial charge in [-0.25, -0.2) is 4.68 Å². The Morgan fingerprint density at radius 3 is 2.18 bits per heavy atom. The third kappa shape index (κ3) is 3.93. The van der Waals surface area contributed by atoms with Crippen LogP contribution in [-0.4, -0.2) is 26.7 Å². The minimum absolute atomic E-state index is 0.0721. The second-order valence-electron chi connectivity index (χ2n) is 6.54. The molecule has 0 aliphatic rings. The molecule has 2 heterocycles. The fourth-order valence-corrected chi connectivity index (χ4v) is 3.44. The van der Waals surface area contributed by atoms with Gasteiger partial charge in [0.15, 0.2) is 0 Å². The number of rotatable bonds is 6. The summed E-state index contributed by atoms with van der Waals surface area (Å²) in [5.74, 6) is 0.475. The van der Waals surface area contributed by atoms with E-state index in [1.807, 2.05) is 24.3 Å². The Bertz CT molecular complexity index is 1040. The van der Waals surface area contributed by atoms with Crippen molar-refractivity contribution in [2.45, 2.75) is 12.7 Å². The second kappa shape index (κ2) is 8.29. The molecule has 4 rings (SSSR count). The number of nitrogens with zero attached hydrogens (tertiary/aromatic N) is 4. The largest absolute Gasteiger partial charge is 0.409 e. The van der Waals surface area contributed by atoms with Gasteiger partial charge >= 0.3 is 0 Å². The first kappa shape index (κ1) is 18.3. The van der Waals surface area contributed by atoms with Gasteiger partial charge in [0.25, 0.3) is 4.84 Å². The summed E-state index contributed by atoms with van der Waals surface area (Å²) >= 11 is 5.40. The third-order valence-electron chi connectivity index (χ3n) is 4.54. The molecule has 0 amide bonds. The van der Waals surface area contributed by atoms with Crippen LogP contribution in [0.15, 0.2) is 89.6 Å². The molecular formula is C22H20N4OS. The van der Waals surface area contributed by atoms with E-state index < -0.39 is 0 Å². The van der Waals surface area contributed by atoms with Crippen molar-refractivity contribution in [2.75, 3.05) is 7.05 Å². The molecule has 4 aromatic rings. The van der Waals surface area contributed by atoms with Crippen LogP contribution in [0.1, 0.15) is 17.2 Å². The number of benzene rings is 2. The standard InChI is InChI=1S/C22H20N4OS/c1-25(16-26-22(28)27-21(24-26)19-13-8-14-23-15-19)20(17-9-4-2-5-10-17)18-11-6-3-7-12-18/h2-15,20H,16H2,1H3. The van der Waals surface area contributed by atoms with Crippen molar-refractivity contribution in [3.05, 3.63) is 101 Å². The average Bonchev–Trinajstić information content (AvgIpc) is 3.11. The van der Waals surface area contributed by atoms with Crippen LogP contribution in [0.5, 0.6) is 0 Å². The molecule has 0 spiro atoms. The zero-order chi connectivity index (χ0) is 19.3. The maximum absolute atomic E-state index is 5.69. The quantitative estimate of drug-likeness (QED) is 0.438. The zero-order valence-electron chi connectivity index (χ0n) is 15.5. The lowest BCUT2D eigenvalue weighted by Crippen LogP contribution is -2.28. The highest BCUT2D eigenvalue weighted by Crippen LogP contribution is 2.28. The summed E-state index contributed by atoms with van der Waals surface area (Å²) in [6.45, 7) is 0.497. The van der Waals surface area contributed by atoms with Crippen LogP contribution >= 0.6 is 12.2 Å². The highest BCUT2D eigenvalue weighted by molar-refractivity contribution is 7.71. The van der Waals surface area contributed by atoms with Crippen LogP contribution in [0, 0.1) is 4.84 Å². The number of hydrogen-bond acceptors (Lipinski definition) is 5. The van der Waals surface area contributed by atoms with Gasteiger partial charge in [0, 0.05) is 12.4 Å². The molecule has 2 aromatic carbocycles. The summed E-state index contributed by atoms with van der Waals surface area (Å²) < 4.78 is 7.40. The molecule has 28 heavy (non-hydrogen) atoms. The lowest BCUT2D eigenvalue weighted by Gasteiger charge is -2.28. The molecule has 0 saturated heterocycles. The lowest BCUT2D eigenvalue weighted by molar-refractivity contribution is 0.205. The van der Waals surface area contributed by atoms with E-state index >= 15 is 0 Å². The van der Waals surface area contributed by atoms with Crippen LogP contribution < -0.4 is 0 Å². The maximum Gasteiger partial charge on any atom is 0.288 e. The van der Waals surface area contributed by atoms with Crippen LogP contribution in [0.25, 0.3) is 11.5 Å². The van der Waals surface area contributed by atoms with Crippen LogP contribution in [0.4, 0.5) is 0 Å². The fraction of sp³-hybridized carbons (Fsp3) is 0.136. The molecule has 6 heteroatoms. The molecule has 0 aliphatic carbocycles. The average molecular weight is 388 g/mol. The summed E-state index contributed by atoms with van der Waals surface area (Å²) in [5, 5.41) is 4.55. The van der Waals surface area contributed by atoms with Gasteiger partial charge in [-0.1, -0.05) is 60.7 Å². The van der Waals surface area contributed by atoms with E-state index in [4.69, 9.17) is 16.6 Å². The molecular weight excluding hydrogens is 368 g/mol. The maximum atomic E-state index is 5.69. The predicted octanol–water partition coefficient (Wildman–Crippen LogP) is 4.95. The Balaban J connectivity index is 1.65. The SMILES string of the molecule is CN(Cn1nc(-c2cccnc2)oc1=S)C(c1ccccc1)c1ccccc1. The van der Waals surface area contributed by atoms with E-state index in [0.29, 0.717) is 17.4 Å². The highest BCUT2D eigenvalue weighted by atomic mass is 32.1. The Morgan fingerprint density at radius 2 is 1.61 bits per heavy atom. The molecule has 5 nitrogen and oxygen atoms in total. The van der Waals surface area contributed by atoms with Crippen molar-refractivity contribution in [3.8, 4) is 11.5 Å². The second-order valence-corrected chi connectivity index (χ2v) is 6.89. The molecule has 0 N–H and O–H groups in total. The van der Waals surface area contributed by atoms with Crippen molar-refractivity contribution in [2.24, 2.45) is 0 Å². The van der Waals surface area contributed by atoms with Crippen molar-refractivity contribution < 1.29 is 4.42 Å². The lowest BCUT2D eigenvalue weighted by atomic mass is 9.98. The fourth-order valence-electron chi connectivity index (χ4n) is 3.27. The summed E-state index contributed by atoms with van der Waals surface area (Å²) in [6, 6.07) is 24.6. The predicted molar refractivity (Wildman–Crippen MR) is 111 cm³/mol. The van der Waals surface area contributed by atoms with Crippen LogP contribution in [-0.2, 0) is 6.67 Å². The molecule has 0 atom stereocenters. The van der Waals surface area contributed by atoms with E-state index in [1.165, 1.54) is 11.1 Å². The monoisotopic (exact) mass is 388 g/mol. The molecule has 0 fully saturated rings. The molecule has 0 unspecified atom stereocenters. The Morgan fingerprint density at radius 1 is 0.964 bits per heavy atom. The number of hydrogen-bond donors (Lipinski definition) is 0. The van der Waals surface area contributed by atoms with Crippen molar-refractivity contribution in [1.82, 2.24) is 19.7 Å². The van der Waals surface area contributed by atoms with Gasteiger partial charge in [-0.3, -0.25) is 9.88 Å². The van der Waals surface area contributed by atoms with Crippen LogP contribution in [0.3, 0.4) is 0 Å². The minimum atomic E-state index is 0.0721. The van der Waals surface area contributed by atoms with Gasteiger partial charge in [0.2, 0.25) is 5.89 Å². The summed E-state index contributed by atoms with van der Waals surface area (Å²) in [5.41, 5.74) is 3.22. The van der Waals surface area contributed by atoms with Gasteiger partial charge in [-0.2, -0.15) is 0 Å². The molecule has 140 valence electrons. The summed E-state index contributed by atoms with van der Waals surface area (Å²) in [7, 11) is 2.06. The minimum Gasteiger partial charge on any atom is -0.409 e. The molecule has 0 aliphatic heterocycles.